The Hall–Kier alpha value is -3.84. The zero-order valence-electron chi connectivity index (χ0n) is 22.3. The number of piperidine rings is 1. The van der Waals surface area contributed by atoms with Crippen LogP contribution < -0.4 is 0 Å². The van der Waals surface area contributed by atoms with Crippen molar-refractivity contribution in [3.05, 3.63) is 93.9 Å². The molecule has 0 amide bonds. The van der Waals surface area contributed by atoms with Crippen molar-refractivity contribution in [2.24, 2.45) is 5.92 Å². The molecule has 1 N–H and O–H groups in total. The normalized spacial score (nSPS) is 14.7. The number of hydrogen-bond acceptors (Lipinski definition) is 5. The number of aliphatic carboxylic acids is 1. The third kappa shape index (κ3) is 5.38. The first kappa shape index (κ1) is 25.8. The fraction of sp³-hybridized carbons (Fsp3) is 0.355. The topological polar surface area (TPSA) is 88.3 Å². The van der Waals surface area contributed by atoms with Gasteiger partial charge in [0.05, 0.1) is 12.5 Å². The van der Waals surface area contributed by atoms with Crippen LogP contribution in [0.5, 0.6) is 0 Å². The van der Waals surface area contributed by atoms with Crippen LogP contribution in [0.2, 0.25) is 0 Å². The number of aryl methyl sites for hydroxylation is 3. The number of imidazole rings is 1. The fourth-order valence-corrected chi connectivity index (χ4v) is 5.40. The van der Waals surface area contributed by atoms with E-state index >= 15 is 0 Å². The molecule has 1 aliphatic rings. The molecule has 2 aromatic heterocycles. The van der Waals surface area contributed by atoms with Crippen molar-refractivity contribution >= 4 is 22.9 Å². The van der Waals surface area contributed by atoms with Gasteiger partial charge >= 0.3 is 5.97 Å². The van der Waals surface area contributed by atoms with Gasteiger partial charge in [-0.15, -0.1) is 0 Å². The molecule has 38 heavy (non-hydrogen) atoms. The lowest BCUT2D eigenvalue weighted by Gasteiger charge is -2.30. The second-order valence-electron chi connectivity index (χ2n) is 10.3. The molecule has 0 aliphatic carbocycles. The molecule has 2 aromatic carbocycles. The van der Waals surface area contributed by atoms with Crippen LogP contribution in [-0.2, 0) is 24.3 Å². The molecule has 3 heterocycles. The first-order valence-corrected chi connectivity index (χ1v) is 13.3. The van der Waals surface area contributed by atoms with Gasteiger partial charge in [-0.05, 0) is 68.6 Å². The van der Waals surface area contributed by atoms with Gasteiger partial charge in [-0.25, -0.2) is 9.97 Å². The maximum Gasteiger partial charge on any atom is 0.306 e. The number of fused-ring (bicyclic) bond motifs is 1. The molecule has 0 unspecified atom stereocenters. The van der Waals surface area contributed by atoms with E-state index in [0.29, 0.717) is 30.5 Å². The molecule has 0 bridgehead atoms. The molecule has 5 rings (SSSR count). The van der Waals surface area contributed by atoms with Crippen LogP contribution in [-0.4, -0.2) is 49.4 Å². The Morgan fingerprint density at radius 1 is 0.921 bits per heavy atom. The summed E-state index contributed by atoms with van der Waals surface area (Å²) in [5.74, 6) is 0.0626. The van der Waals surface area contributed by atoms with Crippen LogP contribution in [0.1, 0.15) is 63.9 Å². The molecule has 7 heteroatoms. The number of likely N-dealkylation sites (tertiary alicyclic amines) is 1. The van der Waals surface area contributed by atoms with Crippen LogP contribution >= 0.6 is 0 Å². The molecule has 1 fully saturated rings. The van der Waals surface area contributed by atoms with Crippen molar-refractivity contribution in [1.29, 1.82) is 0 Å². The van der Waals surface area contributed by atoms with E-state index in [-0.39, 0.29) is 11.7 Å². The van der Waals surface area contributed by atoms with Crippen LogP contribution in [0.15, 0.2) is 54.6 Å². The van der Waals surface area contributed by atoms with E-state index in [1.54, 1.807) is 0 Å². The third-order valence-corrected chi connectivity index (χ3v) is 7.51. The van der Waals surface area contributed by atoms with Crippen molar-refractivity contribution in [2.45, 2.75) is 53.1 Å². The molecular formula is C31H34N4O3. The maximum absolute atomic E-state index is 13.3. The lowest BCUT2D eigenvalue weighted by molar-refractivity contribution is -0.143. The van der Waals surface area contributed by atoms with E-state index < -0.39 is 5.97 Å². The van der Waals surface area contributed by atoms with E-state index in [4.69, 9.17) is 9.97 Å². The van der Waals surface area contributed by atoms with Crippen LogP contribution in [0.3, 0.4) is 0 Å². The molecule has 0 spiro atoms. The van der Waals surface area contributed by atoms with Gasteiger partial charge < -0.3 is 9.67 Å². The van der Waals surface area contributed by atoms with Crippen molar-refractivity contribution in [1.82, 2.24) is 19.4 Å². The van der Waals surface area contributed by atoms with Crippen molar-refractivity contribution in [3.63, 3.8) is 0 Å². The Kier molecular flexibility index (Phi) is 7.38. The predicted molar refractivity (Wildman–Crippen MR) is 147 cm³/mol. The molecule has 0 radical (unpaired) electrons. The highest BCUT2D eigenvalue weighted by molar-refractivity contribution is 6.09. The number of carboxylic acid groups (broad SMARTS) is 1. The summed E-state index contributed by atoms with van der Waals surface area (Å²) >= 11 is 0. The summed E-state index contributed by atoms with van der Waals surface area (Å²) in [6.07, 6.45) is 2.18. The molecule has 196 valence electrons. The number of aromatic nitrogens is 3. The summed E-state index contributed by atoms with van der Waals surface area (Å²) in [5.41, 5.74) is 7.40. The van der Waals surface area contributed by atoms with Gasteiger partial charge in [0.25, 0.3) is 0 Å². The van der Waals surface area contributed by atoms with Gasteiger partial charge in [-0.1, -0.05) is 49.4 Å². The number of hydrogen-bond donors (Lipinski definition) is 1. The van der Waals surface area contributed by atoms with Crippen molar-refractivity contribution in [3.8, 4) is 0 Å². The van der Waals surface area contributed by atoms with Gasteiger partial charge in [0.1, 0.15) is 11.3 Å². The zero-order chi connectivity index (χ0) is 26.8. The first-order valence-electron chi connectivity index (χ1n) is 13.3. The molecule has 4 aromatic rings. The monoisotopic (exact) mass is 510 g/mol. The Labute approximate surface area is 223 Å². The van der Waals surface area contributed by atoms with Gasteiger partial charge in [0, 0.05) is 29.8 Å². The quantitative estimate of drug-likeness (QED) is 0.328. The van der Waals surface area contributed by atoms with E-state index in [0.717, 1.165) is 65.4 Å². The molecule has 1 aliphatic heterocycles. The van der Waals surface area contributed by atoms with E-state index in [2.05, 4.69) is 29.4 Å². The Balaban J connectivity index is 1.30. The van der Waals surface area contributed by atoms with Gasteiger partial charge in [-0.3, -0.25) is 14.5 Å². The summed E-state index contributed by atoms with van der Waals surface area (Å²) in [5, 5.41) is 9.20. The largest absolute Gasteiger partial charge is 0.481 e. The maximum atomic E-state index is 13.3. The zero-order valence-corrected chi connectivity index (χ0v) is 22.3. The highest BCUT2D eigenvalue weighted by Gasteiger charge is 2.24. The van der Waals surface area contributed by atoms with Crippen molar-refractivity contribution in [2.75, 3.05) is 13.1 Å². The van der Waals surface area contributed by atoms with Crippen LogP contribution in [0.4, 0.5) is 0 Å². The summed E-state index contributed by atoms with van der Waals surface area (Å²) < 4.78 is 2.16. The van der Waals surface area contributed by atoms with Gasteiger partial charge in [0.2, 0.25) is 0 Å². The fourth-order valence-electron chi connectivity index (χ4n) is 5.40. The van der Waals surface area contributed by atoms with Crippen LogP contribution in [0, 0.1) is 19.8 Å². The van der Waals surface area contributed by atoms with E-state index in [1.165, 1.54) is 0 Å². The smallest absolute Gasteiger partial charge is 0.306 e. The Bertz CT molecular complexity index is 1480. The highest BCUT2D eigenvalue weighted by Crippen LogP contribution is 2.23. The number of nitrogens with zero attached hydrogens (tertiary/aromatic N) is 4. The molecular weight excluding hydrogens is 476 g/mol. The number of carbonyl (C=O) groups excluding carboxylic acids is 1. The lowest BCUT2D eigenvalue weighted by Crippen LogP contribution is -2.35. The number of rotatable bonds is 8. The van der Waals surface area contributed by atoms with Gasteiger partial charge in [0.15, 0.2) is 11.4 Å². The number of carbonyl (C=O) groups is 2. The second-order valence-corrected chi connectivity index (χ2v) is 10.3. The van der Waals surface area contributed by atoms with E-state index in [9.17, 15) is 14.7 Å². The van der Waals surface area contributed by atoms with Crippen LogP contribution in [0.25, 0.3) is 11.2 Å². The standard InChI is InChI=1S/C31H34N4O3/c1-4-27-33-28-20(2)16-21(3)32-30(28)35(27)19-23-6-5-7-26(17-23)29(36)24-10-8-22(9-11-24)18-34-14-12-25(13-15-34)31(37)38/h5-11,16-17,25H,4,12-15,18-19H2,1-3H3,(H,37,38). The number of ketones is 1. The Morgan fingerprint density at radius 3 is 2.34 bits per heavy atom. The molecule has 1 saturated heterocycles. The molecule has 7 nitrogen and oxygen atoms in total. The van der Waals surface area contributed by atoms with Gasteiger partial charge in [-0.2, -0.15) is 0 Å². The lowest BCUT2D eigenvalue weighted by atomic mass is 9.96. The second kappa shape index (κ2) is 10.9. The summed E-state index contributed by atoms with van der Waals surface area (Å²) in [7, 11) is 0. The summed E-state index contributed by atoms with van der Waals surface area (Å²) in [6, 6.07) is 17.7. The highest BCUT2D eigenvalue weighted by atomic mass is 16.4. The Morgan fingerprint density at radius 2 is 1.66 bits per heavy atom. The summed E-state index contributed by atoms with van der Waals surface area (Å²) in [6.45, 7) is 9.11. The SMILES string of the molecule is CCc1nc2c(C)cc(C)nc2n1Cc1cccc(C(=O)c2ccc(CN3CCC(C(=O)O)CC3)cc2)c1. The first-order chi connectivity index (χ1) is 18.3. The molecule has 0 saturated carbocycles. The average Bonchev–Trinajstić information content (AvgIpc) is 3.26. The average molecular weight is 511 g/mol. The third-order valence-electron chi connectivity index (χ3n) is 7.51. The van der Waals surface area contributed by atoms with Crippen molar-refractivity contribution < 1.29 is 14.7 Å². The van der Waals surface area contributed by atoms with E-state index in [1.807, 2.05) is 55.5 Å². The predicted octanol–water partition coefficient (Wildman–Crippen LogP) is 5.19. The number of pyridine rings is 1. The number of benzene rings is 2. The number of carboxylic acids is 1. The molecule has 0 atom stereocenters. The summed E-state index contributed by atoms with van der Waals surface area (Å²) in [4.78, 5) is 36.4. The minimum atomic E-state index is -0.692. The minimum Gasteiger partial charge on any atom is -0.481 e. The minimum absolute atomic E-state index is 0.00306.